The van der Waals surface area contributed by atoms with Crippen LogP contribution in [0.2, 0.25) is 0 Å². The molecule has 1 aromatic carbocycles. The smallest absolute Gasteiger partial charge is 0.267 e. The van der Waals surface area contributed by atoms with E-state index in [4.69, 9.17) is 0 Å². The maximum Gasteiger partial charge on any atom is 0.272 e. The van der Waals surface area contributed by atoms with Crippen LogP contribution in [0.15, 0.2) is 66.0 Å². The highest BCUT2D eigenvalue weighted by Crippen LogP contribution is 2.10. The second-order valence-corrected chi connectivity index (χ2v) is 4.37. The lowest BCUT2D eigenvalue weighted by Gasteiger charge is -1.99. The van der Waals surface area contributed by atoms with Gasteiger partial charge in [0.05, 0.1) is 23.0 Å². The van der Waals surface area contributed by atoms with Gasteiger partial charge in [0.15, 0.2) is 0 Å². The summed E-state index contributed by atoms with van der Waals surface area (Å²) in [6.45, 7) is 0. The number of nitrogens with one attached hydrogen (secondary N) is 1. The lowest BCUT2D eigenvalue weighted by Crippen LogP contribution is -2.17. The molecule has 0 spiro atoms. The van der Waals surface area contributed by atoms with Gasteiger partial charge in [0, 0.05) is 17.8 Å². The molecule has 0 bridgehead atoms. The van der Waals surface area contributed by atoms with Gasteiger partial charge in [0.1, 0.15) is 0 Å². The Bertz CT molecular complexity index is 799. The first-order valence-corrected chi connectivity index (χ1v) is 6.42. The van der Waals surface area contributed by atoms with Crippen molar-refractivity contribution in [2.24, 2.45) is 5.10 Å². The molecule has 3 aromatic rings. The zero-order valence-electron chi connectivity index (χ0n) is 11.1. The topological polar surface area (TPSA) is 67.2 Å². The summed E-state index contributed by atoms with van der Waals surface area (Å²) in [5, 5.41) is 4.97. The number of fused-ring (bicyclic) bond motifs is 1. The summed E-state index contributed by atoms with van der Waals surface area (Å²) >= 11 is 0. The summed E-state index contributed by atoms with van der Waals surface area (Å²) in [5.74, 6) is -0.305. The highest BCUT2D eigenvalue weighted by Gasteiger charge is 2.02. The Labute approximate surface area is 121 Å². The number of nitrogens with zero attached hydrogens (tertiary/aromatic N) is 3. The molecule has 0 saturated carbocycles. The van der Waals surface area contributed by atoms with Crippen LogP contribution in [0, 0.1) is 0 Å². The number of aromatic nitrogens is 2. The molecule has 0 fully saturated rings. The third-order valence-corrected chi connectivity index (χ3v) is 2.91. The summed E-state index contributed by atoms with van der Waals surface area (Å²) in [6, 6.07) is 15.0. The third kappa shape index (κ3) is 3.09. The van der Waals surface area contributed by atoms with Crippen LogP contribution in [-0.2, 0) is 0 Å². The molecule has 3 rings (SSSR count). The van der Waals surface area contributed by atoms with Gasteiger partial charge in [-0.1, -0.05) is 24.3 Å². The van der Waals surface area contributed by atoms with Gasteiger partial charge in [-0.05, 0) is 24.3 Å². The van der Waals surface area contributed by atoms with Gasteiger partial charge in [0.25, 0.3) is 5.91 Å². The van der Waals surface area contributed by atoms with Crippen molar-refractivity contribution in [3.8, 4) is 0 Å². The van der Waals surface area contributed by atoms with E-state index >= 15 is 0 Å². The largest absolute Gasteiger partial charge is 0.272 e. The zero-order valence-corrected chi connectivity index (χ0v) is 11.1. The number of hydrogen-bond donors (Lipinski definition) is 1. The SMILES string of the molecule is O=C(NN=Cc1ccc2ccccc2n1)c1cccnc1. The lowest BCUT2D eigenvalue weighted by atomic mass is 10.2. The molecule has 5 heteroatoms. The Morgan fingerprint density at radius 3 is 2.86 bits per heavy atom. The summed E-state index contributed by atoms with van der Waals surface area (Å²) in [4.78, 5) is 20.1. The van der Waals surface area contributed by atoms with E-state index in [0.29, 0.717) is 11.3 Å². The van der Waals surface area contributed by atoms with Gasteiger partial charge < -0.3 is 0 Å². The Balaban J connectivity index is 1.71. The van der Waals surface area contributed by atoms with E-state index < -0.39 is 0 Å². The van der Waals surface area contributed by atoms with Crippen LogP contribution >= 0.6 is 0 Å². The summed E-state index contributed by atoms with van der Waals surface area (Å²) in [6.07, 6.45) is 4.61. The fourth-order valence-electron chi connectivity index (χ4n) is 1.87. The van der Waals surface area contributed by atoms with Crippen LogP contribution < -0.4 is 5.43 Å². The minimum absolute atomic E-state index is 0.305. The number of rotatable bonds is 3. The van der Waals surface area contributed by atoms with Gasteiger partial charge >= 0.3 is 0 Å². The summed E-state index contributed by atoms with van der Waals surface area (Å²) in [7, 11) is 0. The van der Waals surface area contributed by atoms with Crippen LogP contribution in [0.25, 0.3) is 10.9 Å². The van der Waals surface area contributed by atoms with Crippen LogP contribution in [0.3, 0.4) is 0 Å². The quantitative estimate of drug-likeness (QED) is 0.590. The molecule has 0 unspecified atom stereocenters. The first kappa shape index (κ1) is 12.9. The van der Waals surface area contributed by atoms with Crippen LogP contribution in [-0.4, -0.2) is 22.1 Å². The average molecular weight is 276 g/mol. The van der Waals surface area contributed by atoms with Crippen molar-refractivity contribution >= 4 is 23.0 Å². The minimum Gasteiger partial charge on any atom is -0.267 e. The van der Waals surface area contributed by atoms with Crippen molar-refractivity contribution in [2.45, 2.75) is 0 Å². The van der Waals surface area contributed by atoms with Crippen LogP contribution in [0.5, 0.6) is 0 Å². The molecule has 5 nitrogen and oxygen atoms in total. The van der Waals surface area contributed by atoms with Gasteiger partial charge in [-0.25, -0.2) is 10.4 Å². The number of carbonyl (C=O) groups is 1. The Kier molecular flexibility index (Phi) is 3.64. The molecule has 0 atom stereocenters. The molecule has 1 N–H and O–H groups in total. The molecule has 0 saturated heterocycles. The Hall–Kier alpha value is -3.08. The van der Waals surface area contributed by atoms with E-state index in [0.717, 1.165) is 10.9 Å². The minimum atomic E-state index is -0.305. The molecule has 1 amide bonds. The number of hydrazone groups is 1. The fraction of sp³-hybridized carbons (Fsp3) is 0. The molecule has 0 aliphatic carbocycles. The average Bonchev–Trinajstić information content (AvgIpc) is 2.55. The van der Waals surface area contributed by atoms with Crippen LogP contribution in [0.1, 0.15) is 16.1 Å². The molecular formula is C16H12N4O. The molecule has 0 radical (unpaired) electrons. The first-order valence-electron chi connectivity index (χ1n) is 6.42. The van der Waals surface area contributed by atoms with Gasteiger partial charge in [-0.2, -0.15) is 5.10 Å². The zero-order chi connectivity index (χ0) is 14.5. The van der Waals surface area contributed by atoms with E-state index in [9.17, 15) is 4.79 Å². The van der Waals surface area contributed by atoms with Crippen molar-refractivity contribution in [1.82, 2.24) is 15.4 Å². The molecule has 0 aliphatic heterocycles. The van der Waals surface area contributed by atoms with Crippen molar-refractivity contribution in [1.29, 1.82) is 0 Å². The summed E-state index contributed by atoms with van der Waals surface area (Å²) in [5.41, 5.74) is 4.48. The normalized spacial score (nSPS) is 10.9. The molecule has 102 valence electrons. The molecular weight excluding hydrogens is 264 g/mol. The van der Waals surface area contributed by atoms with Crippen molar-refractivity contribution in [3.05, 3.63) is 72.2 Å². The Morgan fingerprint density at radius 1 is 1.10 bits per heavy atom. The standard InChI is InChI=1S/C16H12N4O/c21-16(13-5-3-9-17-10-13)20-18-11-14-8-7-12-4-1-2-6-15(12)19-14/h1-11H,(H,20,21). The molecule has 2 heterocycles. The number of hydrogen-bond acceptors (Lipinski definition) is 4. The number of benzene rings is 1. The van der Waals surface area contributed by atoms with E-state index in [2.05, 4.69) is 20.5 Å². The van der Waals surface area contributed by atoms with Gasteiger partial charge in [-0.3, -0.25) is 9.78 Å². The van der Waals surface area contributed by atoms with E-state index in [-0.39, 0.29) is 5.91 Å². The van der Waals surface area contributed by atoms with Crippen molar-refractivity contribution < 1.29 is 4.79 Å². The second-order valence-electron chi connectivity index (χ2n) is 4.37. The monoisotopic (exact) mass is 276 g/mol. The van der Waals surface area contributed by atoms with E-state index in [1.165, 1.54) is 12.4 Å². The number of amides is 1. The number of pyridine rings is 2. The van der Waals surface area contributed by atoms with Gasteiger partial charge in [0.2, 0.25) is 0 Å². The second kappa shape index (κ2) is 5.92. The fourth-order valence-corrected chi connectivity index (χ4v) is 1.87. The maximum absolute atomic E-state index is 11.8. The van der Waals surface area contributed by atoms with Gasteiger partial charge in [-0.15, -0.1) is 0 Å². The number of carbonyl (C=O) groups excluding carboxylic acids is 1. The predicted molar refractivity (Wildman–Crippen MR) is 81.0 cm³/mol. The maximum atomic E-state index is 11.8. The summed E-state index contributed by atoms with van der Waals surface area (Å²) < 4.78 is 0. The van der Waals surface area contributed by atoms with E-state index in [1.54, 1.807) is 18.3 Å². The highest BCUT2D eigenvalue weighted by atomic mass is 16.2. The molecule has 0 aliphatic rings. The number of para-hydroxylation sites is 1. The van der Waals surface area contributed by atoms with Crippen LogP contribution in [0.4, 0.5) is 0 Å². The van der Waals surface area contributed by atoms with Crippen molar-refractivity contribution in [3.63, 3.8) is 0 Å². The molecule has 21 heavy (non-hydrogen) atoms. The lowest BCUT2D eigenvalue weighted by molar-refractivity contribution is 0.0955. The first-order chi connectivity index (χ1) is 10.3. The van der Waals surface area contributed by atoms with Crippen molar-refractivity contribution in [2.75, 3.05) is 0 Å². The van der Waals surface area contributed by atoms with E-state index in [1.807, 2.05) is 36.4 Å². The Morgan fingerprint density at radius 2 is 2.00 bits per heavy atom. The molecule has 2 aromatic heterocycles. The highest BCUT2D eigenvalue weighted by molar-refractivity contribution is 5.94. The predicted octanol–water partition coefficient (Wildman–Crippen LogP) is 2.39. The third-order valence-electron chi connectivity index (χ3n) is 2.91.